The monoisotopic (exact) mass is 487 g/mol. The van der Waals surface area contributed by atoms with E-state index in [0.717, 1.165) is 24.8 Å². The molecule has 3 aromatic rings. The van der Waals surface area contributed by atoms with Gasteiger partial charge in [-0.15, -0.1) is 11.3 Å². The molecule has 0 fully saturated rings. The predicted octanol–water partition coefficient (Wildman–Crippen LogP) is 4.72. The van der Waals surface area contributed by atoms with E-state index in [0.29, 0.717) is 5.69 Å². The number of aryl methyl sites for hydroxylation is 2. The van der Waals surface area contributed by atoms with Crippen LogP contribution in [0.25, 0.3) is 0 Å². The summed E-state index contributed by atoms with van der Waals surface area (Å²) in [4.78, 5) is 30.6. The molecule has 0 saturated carbocycles. The van der Waals surface area contributed by atoms with Crippen molar-refractivity contribution in [3.8, 4) is 0 Å². The van der Waals surface area contributed by atoms with Gasteiger partial charge in [0.25, 0.3) is 21.8 Å². The molecular weight excluding hydrogens is 466 g/mol. The van der Waals surface area contributed by atoms with E-state index >= 15 is 0 Å². The van der Waals surface area contributed by atoms with Gasteiger partial charge in [0.05, 0.1) is 5.56 Å². The van der Waals surface area contributed by atoms with Crippen LogP contribution in [0, 0.1) is 13.8 Å². The Hall–Kier alpha value is -2.69. The fraction of sp³-hybridized carbons (Fsp3) is 0.227. The molecule has 0 saturated heterocycles. The molecular formula is C22H21N3O4S3. The fourth-order valence-corrected chi connectivity index (χ4v) is 7.12. The van der Waals surface area contributed by atoms with Gasteiger partial charge in [-0.05, 0) is 69.7 Å². The number of fused-ring (bicyclic) bond motifs is 1. The van der Waals surface area contributed by atoms with E-state index in [-0.39, 0.29) is 16.0 Å². The lowest BCUT2D eigenvalue weighted by Crippen LogP contribution is -2.36. The first-order chi connectivity index (χ1) is 15.1. The van der Waals surface area contributed by atoms with Gasteiger partial charge in [0.1, 0.15) is 4.90 Å². The fourth-order valence-electron chi connectivity index (χ4n) is 3.41. The molecule has 7 nitrogen and oxygen atoms in total. The first-order valence-electron chi connectivity index (χ1n) is 9.82. The Morgan fingerprint density at radius 2 is 1.91 bits per heavy atom. The van der Waals surface area contributed by atoms with Crippen LogP contribution >= 0.6 is 23.1 Å². The lowest BCUT2D eigenvalue weighted by atomic mass is 10.1. The van der Waals surface area contributed by atoms with E-state index < -0.39 is 27.9 Å². The van der Waals surface area contributed by atoms with Crippen LogP contribution in [0.3, 0.4) is 0 Å². The third kappa shape index (κ3) is 4.05. The summed E-state index contributed by atoms with van der Waals surface area (Å²) < 4.78 is 27.4. The van der Waals surface area contributed by atoms with E-state index in [1.54, 1.807) is 36.9 Å². The van der Waals surface area contributed by atoms with E-state index in [1.807, 2.05) is 37.4 Å². The lowest BCUT2D eigenvalue weighted by molar-refractivity contribution is 0.0846. The van der Waals surface area contributed by atoms with Crippen molar-refractivity contribution in [2.45, 2.75) is 47.9 Å². The minimum atomic E-state index is -3.97. The summed E-state index contributed by atoms with van der Waals surface area (Å²) in [5.41, 5.74) is 2.73. The number of anilines is 1. The molecule has 1 aromatic heterocycles. The minimum absolute atomic E-state index is 0.0882. The molecule has 0 unspecified atom stereocenters. The second kappa shape index (κ2) is 8.34. The van der Waals surface area contributed by atoms with Gasteiger partial charge in [0.15, 0.2) is 4.34 Å². The number of carbonyl (C=O) groups excluding carboxylic acids is 2. The summed E-state index contributed by atoms with van der Waals surface area (Å²) in [5.74, 6) is -1.01. The molecule has 0 aliphatic carbocycles. The molecule has 2 heterocycles. The topological polar surface area (TPSA) is 96.4 Å². The van der Waals surface area contributed by atoms with Crippen molar-refractivity contribution in [3.05, 3.63) is 64.2 Å². The van der Waals surface area contributed by atoms with Crippen molar-refractivity contribution in [2.24, 2.45) is 0 Å². The van der Waals surface area contributed by atoms with Gasteiger partial charge in [-0.2, -0.15) is 0 Å². The van der Waals surface area contributed by atoms with Crippen LogP contribution in [0.15, 0.2) is 55.9 Å². The summed E-state index contributed by atoms with van der Waals surface area (Å²) in [6.45, 7) is 7.11. The van der Waals surface area contributed by atoms with Crippen LogP contribution < -0.4 is 5.32 Å². The molecule has 10 heteroatoms. The van der Waals surface area contributed by atoms with E-state index in [2.05, 4.69) is 10.3 Å². The number of benzene rings is 2. The highest BCUT2D eigenvalue weighted by molar-refractivity contribution is 8.01. The molecule has 1 aliphatic heterocycles. The summed E-state index contributed by atoms with van der Waals surface area (Å²) in [6.07, 6.45) is 0. The summed E-state index contributed by atoms with van der Waals surface area (Å²) >= 11 is 3.13. The van der Waals surface area contributed by atoms with Gasteiger partial charge < -0.3 is 5.32 Å². The van der Waals surface area contributed by atoms with Crippen molar-refractivity contribution in [1.29, 1.82) is 0 Å². The van der Waals surface area contributed by atoms with E-state index in [9.17, 15) is 18.0 Å². The normalized spacial score (nSPS) is 14.7. The van der Waals surface area contributed by atoms with Crippen molar-refractivity contribution >= 4 is 50.6 Å². The highest BCUT2D eigenvalue weighted by Gasteiger charge is 2.42. The summed E-state index contributed by atoms with van der Waals surface area (Å²) in [7, 11) is -3.97. The zero-order chi connectivity index (χ0) is 23.2. The Morgan fingerprint density at radius 3 is 2.53 bits per heavy atom. The Kier molecular flexibility index (Phi) is 5.87. The zero-order valence-corrected chi connectivity index (χ0v) is 20.3. The first-order valence-corrected chi connectivity index (χ1v) is 13.0. The summed E-state index contributed by atoms with van der Waals surface area (Å²) in [6, 6.07) is 9.30. The molecule has 32 heavy (non-hydrogen) atoms. The predicted molar refractivity (Wildman–Crippen MR) is 125 cm³/mol. The third-order valence-corrected chi connectivity index (χ3v) is 8.97. The molecule has 0 radical (unpaired) electrons. The third-order valence-electron chi connectivity index (χ3n) is 4.93. The van der Waals surface area contributed by atoms with Crippen molar-refractivity contribution in [1.82, 2.24) is 9.29 Å². The quantitative estimate of drug-likeness (QED) is 0.560. The number of amides is 2. The Balaban J connectivity index is 1.55. The molecule has 1 N–H and O–H groups in total. The molecule has 0 atom stereocenters. The first kappa shape index (κ1) is 22.5. The average molecular weight is 488 g/mol. The van der Waals surface area contributed by atoms with Gasteiger partial charge in [-0.3, -0.25) is 9.59 Å². The van der Waals surface area contributed by atoms with Gasteiger partial charge in [0, 0.05) is 33.3 Å². The lowest BCUT2D eigenvalue weighted by Gasteiger charge is -2.18. The molecule has 4 rings (SSSR count). The number of thiazole rings is 1. The average Bonchev–Trinajstić information content (AvgIpc) is 3.21. The number of carbonyl (C=O) groups is 2. The maximum absolute atomic E-state index is 12.8. The second-order valence-corrected chi connectivity index (χ2v) is 11.7. The zero-order valence-electron chi connectivity index (χ0n) is 17.9. The standard InChI is InChI=1S/C22H21N3O4S3/c1-12(2)25-21(27)17-7-5-15(10-19(17)32(25,28)29)20(26)24-18-8-6-16(9-13(18)3)31-22-23-14(4)11-30-22/h5-12H,1-4H3,(H,24,26). The molecule has 0 bridgehead atoms. The van der Waals surface area contributed by atoms with Crippen molar-refractivity contribution in [2.75, 3.05) is 5.32 Å². The maximum Gasteiger partial charge on any atom is 0.269 e. The minimum Gasteiger partial charge on any atom is -0.322 e. The van der Waals surface area contributed by atoms with Gasteiger partial charge in [0.2, 0.25) is 0 Å². The largest absolute Gasteiger partial charge is 0.322 e. The van der Waals surface area contributed by atoms with Gasteiger partial charge >= 0.3 is 0 Å². The number of aromatic nitrogens is 1. The molecule has 2 aromatic carbocycles. The van der Waals surface area contributed by atoms with Crippen LogP contribution in [0.4, 0.5) is 5.69 Å². The smallest absolute Gasteiger partial charge is 0.269 e. The molecule has 1 aliphatic rings. The van der Waals surface area contributed by atoms with Crippen molar-refractivity contribution in [3.63, 3.8) is 0 Å². The number of sulfonamides is 1. The van der Waals surface area contributed by atoms with Crippen molar-refractivity contribution < 1.29 is 18.0 Å². The highest BCUT2D eigenvalue weighted by Crippen LogP contribution is 2.34. The number of nitrogens with one attached hydrogen (secondary N) is 1. The number of hydrogen-bond donors (Lipinski definition) is 1. The van der Waals surface area contributed by atoms with Crippen LogP contribution in [-0.4, -0.2) is 35.6 Å². The molecule has 0 spiro atoms. The van der Waals surface area contributed by atoms with Gasteiger partial charge in [-0.1, -0.05) is 11.8 Å². The van der Waals surface area contributed by atoms with Crippen LogP contribution in [-0.2, 0) is 10.0 Å². The summed E-state index contributed by atoms with van der Waals surface area (Å²) in [5, 5.41) is 4.83. The SMILES string of the molecule is Cc1csc(Sc2ccc(NC(=O)c3ccc4c(c3)S(=O)(=O)N(C(C)C)C4=O)c(C)c2)n1. The Morgan fingerprint density at radius 1 is 1.16 bits per heavy atom. The van der Waals surface area contributed by atoms with E-state index in [1.165, 1.54) is 18.2 Å². The van der Waals surface area contributed by atoms with Crippen LogP contribution in [0.2, 0.25) is 0 Å². The Bertz CT molecular complexity index is 1350. The Labute approximate surface area is 194 Å². The second-order valence-electron chi connectivity index (χ2n) is 7.70. The van der Waals surface area contributed by atoms with Crippen LogP contribution in [0.1, 0.15) is 45.8 Å². The highest BCUT2D eigenvalue weighted by atomic mass is 32.2. The van der Waals surface area contributed by atoms with Crippen LogP contribution in [0.5, 0.6) is 0 Å². The number of rotatable bonds is 5. The number of hydrogen-bond acceptors (Lipinski definition) is 7. The number of nitrogens with zero attached hydrogens (tertiary/aromatic N) is 2. The van der Waals surface area contributed by atoms with Gasteiger partial charge in [-0.25, -0.2) is 17.7 Å². The van der Waals surface area contributed by atoms with E-state index in [4.69, 9.17) is 0 Å². The maximum atomic E-state index is 12.8. The molecule has 2 amide bonds. The molecule has 166 valence electrons.